The number of rotatable bonds is 6. The van der Waals surface area contributed by atoms with Crippen molar-refractivity contribution in [3.05, 3.63) is 252 Å². The highest BCUT2D eigenvalue weighted by Gasteiger charge is 2.54. The van der Waals surface area contributed by atoms with E-state index in [4.69, 9.17) is 0 Å². The molecule has 0 saturated carbocycles. The molecular formula is C58H42N2. The molecule has 9 aromatic rings. The van der Waals surface area contributed by atoms with Crippen molar-refractivity contribution in [2.75, 3.05) is 9.80 Å². The van der Waals surface area contributed by atoms with Crippen LogP contribution in [0.3, 0.4) is 0 Å². The summed E-state index contributed by atoms with van der Waals surface area (Å²) < 4.78 is 0. The highest BCUT2D eigenvalue weighted by molar-refractivity contribution is 6.04. The molecule has 0 saturated heterocycles. The summed E-state index contributed by atoms with van der Waals surface area (Å²) in [6.07, 6.45) is 0. The molecule has 3 aliphatic carbocycles. The zero-order valence-corrected chi connectivity index (χ0v) is 33.7. The summed E-state index contributed by atoms with van der Waals surface area (Å²) in [5, 5.41) is 0. The first kappa shape index (κ1) is 34.6. The van der Waals surface area contributed by atoms with Gasteiger partial charge in [0.05, 0.1) is 11.1 Å². The van der Waals surface area contributed by atoms with Crippen molar-refractivity contribution in [3.63, 3.8) is 0 Å². The lowest BCUT2D eigenvalue weighted by Crippen LogP contribution is -2.26. The normalized spacial score (nSPS) is 14.1. The summed E-state index contributed by atoms with van der Waals surface area (Å²) >= 11 is 0. The Kier molecular flexibility index (Phi) is 7.52. The summed E-state index contributed by atoms with van der Waals surface area (Å²) in [5.41, 5.74) is 21.8. The average Bonchev–Trinajstić information content (AvgIpc) is 3.85. The van der Waals surface area contributed by atoms with Gasteiger partial charge >= 0.3 is 0 Å². The second-order valence-electron chi connectivity index (χ2n) is 16.9. The van der Waals surface area contributed by atoms with Crippen LogP contribution in [-0.4, -0.2) is 0 Å². The molecule has 0 bridgehead atoms. The summed E-state index contributed by atoms with van der Waals surface area (Å²) in [5.74, 6) is 0. The van der Waals surface area contributed by atoms with Crippen LogP contribution in [-0.2, 0) is 10.8 Å². The van der Waals surface area contributed by atoms with E-state index in [1.54, 1.807) is 0 Å². The van der Waals surface area contributed by atoms with Gasteiger partial charge in [-0.2, -0.15) is 0 Å². The number of hydrogen-bond donors (Lipinski definition) is 0. The topological polar surface area (TPSA) is 6.48 Å². The Morgan fingerprint density at radius 1 is 0.283 bits per heavy atom. The Balaban J connectivity index is 1.28. The number of nitrogens with zero attached hydrogens (tertiary/aromatic N) is 2. The molecule has 60 heavy (non-hydrogen) atoms. The quantitative estimate of drug-likeness (QED) is 0.166. The van der Waals surface area contributed by atoms with Gasteiger partial charge < -0.3 is 9.80 Å². The Hall–Kier alpha value is -7.42. The van der Waals surface area contributed by atoms with Crippen molar-refractivity contribution in [1.82, 2.24) is 0 Å². The van der Waals surface area contributed by atoms with Gasteiger partial charge in [0.15, 0.2) is 0 Å². The van der Waals surface area contributed by atoms with E-state index in [9.17, 15) is 0 Å². The van der Waals surface area contributed by atoms with Crippen LogP contribution in [0.2, 0.25) is 0 Å². The van der Waals surface area contributed by atoms with Crippen molar-refractivity contribution in [3.8, 4) is 33.4 Å². The second kappa shape index (κ2) is 13.0. The van der Waals surface area contributed by atoms with Gasteiger partial charge in [0.1, 0.15) is 0 Å². The molecule has 0 fully saturated rings. The molecule has 0 heterocycles. The zero-order valence-electron chi connectivity index (χ0n) is 33.7. The van der Waals surface area contributed by atoms with Crippen molar-refractivity contribution >= 4 is 34.1 Å². The first-order valence-electron chi connectivity index (χ1n) is 21.0. The third-order valence-electron chi connectivity index (χ3n) is 13.4. The van der Waals surface area contributed by atoms with Gasteiger partial charge in [-0.1, -0.05) is 159 Å². The third-order valence-corrected chi connectivity index (χ3v) is 13.4. The van der Waals surface area contributed by atoms with Gasteiger partial charge in [-0.15, -0.1) is 0 Å². The molecule has 284 valence electrons. The highest BCUT2D eigenvalue weighted by atomic mass is 15.2. The second-order valence-corrected chi connectivity index (χ2v) is 16.9. The molecule has 1 spiro atoms. The maximum absolute atomic E-state index is 2.59. The maximum Gasteiger partial charge on any atom is 0.0727 e. The molecule has 2 nitrogen and oxygen atoms in total. The molecule has 9 aromatic carbocycles. The number of benzene rings is 9. The van der Waals surface area contributed by atoms with Crippen molar-refractivity contribution in [2.24, 2.45) is 0 Å². The van der Waals surface area contributed by atoms with Crippen molar-refractivity contribution < 1.29 is 0 Å². The van der Waals surface area contributed by atoms with Gasteiger partial charge in [0, 0.05) is 39.4 Å². The van der Waals surface area contributed by atoms with Crippen LogP contribution in [0.25, 0.3) is 33.4 Å². The Bertz CT molecular complexity index is 2990. The lowest BCUT2D eigenvalue weighted by molar-refractivity contribution is 0.660. The minimum atomic E-state index is -0.586. The lowest BCUT2D eigenvalue weighted by Gasteiger charge is -2.34. The Morgan fingerprint density at radius 3 is 1.18 bits per heavy atom. The van der Waals surface area contributed by atoms with Crippen LogP contribution in [0.15, 0.2) is 218 Å². The van der Waals surface area contributed by atoms with Gasteiger partial charge in [0.2, 0.25) is 0 Å². The predicted octanol–water partition coefficient (Wildman–Crippen LogP) is 15.3. The number of para-hydroxylation sites is 4. The molecule has 0 amide bonds. The molecule has 0 radical (unpaired) electrons. The molecular weight excluding hydrogens is 725 g/mol. The smallest absolute Gasteiger partial charge is 0.0727 e. The fraction of sp³-hybridized carbons (Fsp3) is 0.0690. The SMILES string of the molecule is CC1(C)c2ccccc2-c2cc3c(cc21)-c1c(N(c2ccccc2)c2ccccc2)cc(N(c2ccccc2)c2ccccc2)cc1C31c2ccccc2-c2ccccc21. The first-order chi connectivity index (χ1) is 29.5. The summed E-state index contributed by atoms with van der Waals surface area (Å²) in [6.45, 7) is 4.80. The molecule has 12 rings (SSSR count). The van der Waals surface area contributed by atoms with Crippen LogP contribution < -0.4 is 9.80 Å². The van der Waals surface area contributed by atoms with Crippen LogP contribution >= 0.6 is 0 Å². The molecule has 0 unspecified atom stereocenters. The Labute approximate surface area is 352 Å². The van der Waals surface area contributed by atoms with E-state index in [1.807, 2.05) is 0 Å². The summed E-state index contributed by atoms with van der Waals surface area (Å²) in [6, 6.07) is 81.0. The van der Waals surface area contributed by atoms with Crippen LogP contribution in [0.4, 0.5) is 34.1 Å². The van der Waals surface area contributed by atoms with Gasteiger partial charge in [-0.3, -0.25) is 0 Å². The monoisotopic (exact) mass is 766 g/mol. The van der Waals surface area contributed by atoms with E-state index in [0.29, 0.717) is 0 Å². The fourth-order valence-electron chi connectivity index (χ4n) is 10.9. The summed E-state index contributed by atoms with van der Waals surface area (Å²) in [4.78, 5) is 4.92. The Morgan fingerprint density at radius 2 is 0.683 bits per heavy atom. The van der Waals surface area contributed by atoms with Gasteiger partial charge in [-0.25, -0.2) is 0 Å². The third kappa shape index (κ3) is 4.76. The largest absolute Gasteiger partial charge is 0.310 e. The molecule has 0 aromatic heterocycles. The minimum Gasteiger partial charge on any atom is -0.310 e. The highest BCUT2D eigenvalue weighted by Crippen LogP contribution is 2.67. The molecule has 2 heteroatoms. The van der Waals surface area contributed by atoms with Crippen molar-refractivity contribution in [1.29, 1.82) is 0 Å². The minimum absolute atomic E-state index is 0.168. The zero-order chi connectivity index (χ0) is 40.0. The molecule has 0 aliphatic heterocycles. The molecule has 0 atom stereocenters. The van der Waals surface area contributed by atoms with Crippen molar-refractivity contribution in [2.45, 2.75) is 24.7 Å². The number of hydrogen-bond acceptors (Lipinski definition) is 2. The lowest BCUT2D eigenvalue weighted by atomic mass is 9.70. The number of anilines is 6. The van der Waals surface area contributed by atoms with E-state index >= 15 is 0 Å². The molecule has 3 aliphatic rings. The number of fused-ring (bicyclic) bond motifs is 13. The first-order valence-corrected chi connectivity index (χ1v) is 21.0. The van der Waals surface area contributed by atoms with E-state index in [1.165, 1.54) is 66.8 Å². The van der Waals surface area contributed by atoms with E-state index in [-0.39, 0.29) is 5.41 Å². The van der Waals surface area contributed by atoms with Crippen LogP contribution in [0.5, 0.6) is 0 Å². The predicted molar refractivity (Wildman–Crippen MR) is 250 cm³/mol. The molecule has 0 N–H and O–H groups in total. The van der Waals surface area contributed by atoms with Crippen LogP contribution in [0, 0.1) is 0 Å². The van der Waals surface area contributed by atoms with E-state index in [0.717, 1.165) is 34.1 Å². The van der Waals surface area contributed by atoms with E-state index < -0.39 is 5.41 Å². The van der Waals surface area contributed by atoms with Gasteiger partial charge in [-0.05, 0) is 134 Å². The van der Waals surface area contributed by atoms with Gasteiger partial charge in [0.25, 0.3) is 0 Å². The van der Waals surface area contributed by atoms with Crippen LogP contribution in [0.1, 0.15) is 47.2 Å². The average molecular weight is 767 g/mol. The van der Waals surface area contributed by atoms with E-state index in [2.05, 4.69) is 242 Å². The standard InChI is InChI=1S/C58H42N2/c1-57(2)49-32-18-15-31-46(49)47-37-53-48(38-52(47)57)56-54(58(53)50-33-19-16-29-44(50)45-30-17-20-34-51(45)58)35-43(59(39-21-7-3-8-22-39)40-23-9-4-10-24-40)36-55(56)60(41-25-11-5-12-26-41)42-27-13-6-14-28-42/h3-38H,1-2H3. The fourth-order valence-corrected chi connectivity index (χ4v) is 10.9. The summed E-state index contributed by atoms with van der Waals surface area (Å²) in [7, 11) is 0. The maximum atomic E-state index is 2.59.